The summed E-state index contributed by atoms with van der Waals surface area (Å²) in [6.07, 6.45) is 5.80. The number of carbonyl (C=O) groups excluding carboxylic acids is 2. The average molecular weight is 371 g/mol. The Morgan fingerprint density at radius 3 is 2.63 bits per heavy atom. The van der Waals surface area contributed by atoms with Crippen molar-refractivity contribution in [3.8, 4) is 0 Å². The lowest BCUT2D eigenvalue weighted by molar-refractivity contribution is -0.122. The Balaban J connectivity index is 1.55. The summed E-state index contributed by atoms with van der Waals surface area (Å²) in [5.74, 6) is 1.14. The Labute approximate surface area is 158 Å². The highest BCUT2D eigenvalue weighted by Gasteiger charge is 2.23. The minimum Gasteiger partial charge on any atom is -0.357 e. The maximum atomic E-state index is 12.2. The van der Waals surface area contributed by atoms with E-state index in [1.165, 1.54) is 26.3 Å². The Hall–Kier alpha value is -2.90. The zero-order valence-corrected chi connectivity index (χ0v) is 15.4. The highest BCUT2D eigenvalue weighted by atomic mass is 16.5. The van der Waals surface area contributed by atoms with Crippen molar-refractivity contribution in [3.63, 3.8) is 0 Å². The molecular weight excluding hydrogens is 346 g/mol. The molecule has 8 nitrogen and oxygen atoms in total. The van der Waals surface area contributed by atoms with Crippen LogP contribution < -0.4 is 16.0 Å². The number of amides is 3. The maximum Gasteiger partial charge on any atom is 0.316 e. The van der Waals surface area contributed by atoms with Crippen LogP contribution >= 0.6 is 0 Å². The summed E-state index contributed by atoms with van der Waals surface area (Å²) in [6, 6.07) is 7.79. The van der Waals surface area contributed by atoms with Gasteiger partial charge in [-0.05, 0) is 18.4 Å². The standard InChI is InChI=1S/C19H25N5O3/c1-20-18(25)16(13-8-4-2-5-9-13)23-19(26)21-12-15-22-17(24-27-15)14-10-6-3-7-11-14/h2,4-5,8-9,14,16H,3,6-7,10-12H2,1H3,(H,20,25)(H2,21,23,26). The van der Waals surface area contributed by atoms with Crippen LogP contribution in [0.4, 0.5) is 4.79 Å². The van der Waals surface area contributed by atoms with Crippen molar-refractivity contribution in [2.45, 2.75) is 50.6 Å². The summed E-state index contributed by atoms with van der Waals surface area (Å²) in [7, 11) is 1.53. The van der Waals surface area contributed by atoms with Gasteiger partial charge in [0.25, 0.3) is 0 Å². The van der Waals surface area contributed by atoms with Gasteiger partial charge in [-0.15, -0.1) is 0 Å². The number of urea groups is 1. The molecule has 144 valence electrons. The Morgan fingerprint density at radius 2 is 1.93 bits per heavy atom. The van der Waals surface area contributed by atoms with E-state index in [-0.39, 0.29) is 12.5 Å². The van der Waals surface area contributed by atoms with E-state index in [9.17, 15) is 9.59 Å². The maximum absolute atomic E-state index is 12.2. The van der Waals surface area contributed by atoms with Crippen LogP contribution in [0.25, 0.3) is 0 Å². The van der Waals surface area contributed by atoms with Gasteiger partial charge in [-0.1, -0.05) is 54.8 Å². The van der Waals surface area contributed by atoms with Crippen LogP contribution in [0.5, 0.6) is 0 Å². The summed E-state index contributed by atoms with van der Waals surface area (Å²) in [6.45, 7) is 0.112. The molecule has 3 N–H and O–H groups in total. The Morgan fingerprint density at radius 1 is 1.19 bits per heavy atom. The molecule has 1 fully saturated rings. The lowest BCUT2D eigenvalue weighted by Gasteiger charge is -2.18. The fraction of sp³-hybridized carbons (Fsp3) is 0.474. The smallest absolute Gasteiger partial charge is 0.316 e. The van der Waals surface area contributed by atoms with E-state index >= 15 is 0 Å². The summed E-state index contributed by atoms with van der Waals surface area (Å²) >= 11 is 0. The molecule has 0 radical (unpaired) electrons. The van der Waals surface area contributed by atoms with Crippen molar-refractivity contribution in [2.75, 3.05) is 7.05 Å². The number of nitrogens with zero attached hydrogens (tertiary/aromatic N) is 2. The third-order valence-electron chi connectivity index (χ3n) is 4.77. The van der Waals surface area contributed by atoms with Crippen molar-refractivity contribution >= 4 is 11.9 Å². The van der Waals surface area contributed by atoms with Crippen molar-refractivity contribution in [1.29, 1.82) is 0 Å². The second-order valence-corrected chi connectivity index (χ2v) is 6.67. The van der Waals surface area contributed by atoms with Crippen LogP contribution in [0.3, 0.4) is 0 Å². The van der Waals surface area contributed by atoms with Gasteiger partial charge in [0, 0.05) is 13.0 Å². The van der Waals surface area contributed by atoms with Crippen molar-refractivity contribution in [3.05, 3.63) is 47.6 Å². The van der Waals surface area contributed by atoms with Gasteiger partial charge in [0.1, 0.15) is 6.04 Å². The van der Waals surface area contributed by atoms with Crippen LogP contribution in [0.1, 0.15) is 61.3 Å². The fourth-order valence-corrected chi connectivity index (χ4v) is 3.29. The third kappa shape index (κ3) is 5.06. The molecule has 0 saturated heterocycles. The predicted octanol–water partition coefficient (Wildman–Crippen LogP) is 2.40. The minimum absolute atomic E-state index is 0.112. The number of hydrogen-bond donors (Lipinski definition) is 3. The molecule has 1 saturated carbocycles. The molecule has 1 aliphatic carbocycles. The fourth-order valence-electron chi connectivity index (χ4n) is 3.29. The molecule has 3 rings (SSSR count). The highest BCUT2D eigenvalue weighted by Crippen LogP contribution is 2.30. The van der Waals surface area contributed by atoms with Crippen molar-refractivity contribution in [2.24, 2.45) is 0 Å². The minimum atomic E-state index is -0.781. The summed E-state index contributed by atoms with van der Waals surface area (Å²) < 4.78 is 5.24. The summed E-state index contributed by atoms with van der Waals surface area (Å²) in [5, 5.41) is 11.9. The lowest BCUT2D eigenvalue weighted by Crippen LogP contribution is -2.43. The van der Waals surface area contributed by atoms with E-state index in [0.717, 1.165) is 18.7 Å². The van der Waals surface area contributed by atoms with Gasteiger partial charge in [0.2, 0.25) is 11.8 Å². The van der Waals surface area contributed by atoms with E-state index in [0.29, 0.717) is 17.4 Å². The van der Waals surface area contributed by atoms with Gasteiger partial charge < -0.3 is 20.5 Å². The number of nitrogens with one attached hydrogen (secondary N) is 3. The third-order valence-corrected chi connectivity index (χ3v) is 4.77. The normalized spacial score (nSPS) is 15.7. The van der Waals surface area contributed by atoms with Gasteiger partial charge in [-0.3, -0.25) is 4.79 Å². The number of rotatable bonds is 6. The van der Waals surface area contributed by atoms with Gasteiger partial charge in [0.05, 0.1) is 6.54 Å². The highest BCUT2D eigenvalue weighted by molar-refractivity contribution is 5.87. The first-order valence-corrected chi connectivity index (χ1v) is 9.30. The lowest BCUT2D eigenvalue weighted by atomic mass is 9.89. The summed E-state index contributed by atoms with van der Waals surface area (Å²) in [4.78, 5) is 28.7. The molecule has 2 aromatic rings. The number of benzene rings is 1. The van der Waals surface area contributed by atoms with Crippen LogP contribution in [0, 0.1) is 0 Å². The first-order valence-electron chi connectivity index (χ1n) is 9.30. The molecule has 1 aromatic heterocycles. The van der Waals surface area contributed by atoms with E-state index < -0.39 is 12.1 Å². The topological polar surface area (TPSA) is 109 Å². The largest absolute Gasteiger partial charge is 0.357 e. The molecule has 1 aromatic carbocycles. The molecular formula is C19H25N5O3. The van der Waals surface area contributed by atoms with Crippen LogP contribution in [0.15, 0.2) is 34.9 Å². The molecule has 8 heteroatoms. The van der Waals surface area contributed by atoms with Crippen LogP contribution in [-0.2, 0) is 11.3 Å². The van der Waals surface area contributed by atoms with E-state index in [4.69, 9.17) is 4.52 Å². The Kier molecular flexibility index (Phi) is 6.40. The molecule has 1 atom stereocenters. The van der Waals surface area contributed by atoms with E-state index in [2.05, 4.69) is 26.1 Å². The molecule has 27 heavy (non-hydrogen) atoms. The first-order chi connectivity index (χ1) is 13.2. The van der Waals surface area contributed by atoms with Crippen LogP contribution in [-0.4, -0.2) is 29.1 Å². The quantitative estimate of drug-likeness (QED) is 0.722. The molecule has 0 spiro atoms. The molecule has 0 bridgehead atoms. The van der Waals surface area contributed by atoms with Gasteiger partial charge in [-0.25, -0.2) is 4.79 Å². The summed E-state index contributed by atoms with van der Waals surface area (Å²) in [5.41, 5.74) is 0.698. The molecule has 3 amide bonds. The van der Waals surface area contributed by atoms with Crippen molar-refractivity contribution < 1.29 is 14.1 Å². The number of carbonyl (C=O) groups is 2. The molecule has 1 heterocycles. The zero-order valence-electron chi connectivity index (χ0n) is 15.4. The first kappa shape index (κ1) is 18.9. The molecule has 0 aliphatic heterocycles. The average Bonchev–Trinajstić information content (AvgIpc) is 3.20. The van der Waals surface area contributed by atoms with Crippen LogP contribution in [0.2, 0.25) is 0 Å². The number of aromatic nitrogens is 2. The second-order valence-electron chi connectivity index (χ2n) is 6.67. The zero-order chi connectivity index (χ0) is 19.1. The van der Waals surface area contributed by atoms with Crippen molar-refractivity contribution in [1.82, 2.24) is 26.1 Å². The number of likely N-dealkylation sites (N-methyl/N-ethyl adjacent to an activating group) is 1. The monoisotopic (exact) mass is 371 g/mol. The van der Waals surface area contributed by atoms with E-state index in [1.807, 2.05) is 18.2 Å². The van der Waals surface area contributed by atoms with Gasteiger partial charge in [0.15, 0.2) is 5.82 Å². The van der Waals surface area contributed by atoms with Gasteiger partial charge >= 0.3 is 6.03 Å². The van der Waals surface area contributed by atoms with E-state index in [1.54, 1.807) is 12.1 Å². The predicted molar refractivity (Wildman–Crippen MR) is 98.7 cm³/mol. The second kappa shape index (κ2) is 9.16. The SMILES string of the molecule is CNC(=O)C(NC(=O)NCc1nc(C2CCCCC2)no1)c1ccccc1. The Bertz CT molecular complexity index is 756. The molecule has 1 unspecified atom stereocenters. The molecule has 1 aliphatic rings. The van der Waals surface area contributed by atoms with Gasteiger partial charge in [-0.2, -0.15) is 4.98 Å². The number of hydrogen-bond acceptors (Lipinski definition) is 5.